The van der Waals surface area contributed by atoms with Crippen LogP contribution in [0.1, 0.15) is 10.4 Å². The first-order valence-corrected chi connectivity index (χ1v) is 8.88. The van der Waals surface area contributed by atoms with Crippen molar-refractivity contribution in [3.63, 3.8) is 0 Å². The fraction of sp³-hybridized carbons (Fsp3) is 0.136. The Labute approximate surface area is 161 Å². The molecule has 0 saturated carbocycles. The number of amides is 1. The average molecular weight is 374 g/mol. The lowest BCUT2D eigenvalue weighted by atomic mass is 10.1. The first kappa shape index (κ1) is 17.7. The molecular weight excluding hydrogens is 356 g/mol. The normalized spacial score (nSPS) is 13.1. The van der Waals surface area contributed by atoms with E-state index in [2.05, 4.69) is 6.58 Å². The van der Waals surface area contributed by atoms with Crippen molar-refractivity contribution < 1.29 is 14.3 Å². The van der Waals surface area contributed by atoms with Crippen LogP contribution in [0.15, 0.2) is 72.2 Å². The van der Waals surface area contributed by atoms with Crippen LogP contribution < -0.4 is 15.2 Å². The number of rotatable bonds is 5. The third-order valence-corrected chi connectivity index (χ3v) is 4.74. The molecule has 0 atom stereocenters. The zero-order valence-corrected chi connectivity index (χ0v) is 15.1. The molecule has 6 nitrogen and oxygen atoms in total. The van der Waals surface area contributed by atoms with Crippen molar-refractivity contribution in [3.05, 3.63) is 83.3 Å². The van der Waals surface area contributed by atoms with Crippen molar-refractivity contribution in [2.75, 3.05) is 18.1 Å². The van der Waals surface area contributed by atoms with E-state index < -0.39 is 0 Å². The topological polar surface area (TPSA) is 68.6 Å². The predicted octanol–water partition coefficient (Wildman–Crippen LogP) is 2.80. The van der Waals surface area contributed by atoms with Crippen LogP contribution in [0.3, 0.4) is 0 Å². The quantitative estimate of drug-likeness (QED) is 0.509. The van der Waals surface area contributed by atoms with Gasteiger partial charge in [-0.3, -0.25) is 14.4 Å². The number of anilines is 1. The summed E-state index contributed by atoms with van der Waals surface area (Å²) in [6, 6.07) is 14.0. The predicted molar refractivity (Wildman–Crippen MR) is 107 cm³/mol. The van der Waals surface area contributed by atoms with Gasteiger partial charge in [0, 0.05) is 23.7 Å². The third kappa shape index (κ3) is 3.09. The van der Waals surface area contributed by atoms with E-state index in [-0.39, 0.29) is 30.4 Å². The molecule has 3 aromatic rings. The standard InChI is InChI=1S/C22H18N2O4/c1-2-10-24-18-12-16(7-8-20(18)28-14-21(24)26)19(25)13-23-11-9-15-5-3-4-6-17(15)22(23)27/h2-9,11-12H,1,10,13-14H2. The highest BCUT2D eigenvalue weighted by Gasteiger charge is 2.25. The van der Waals surface area contributed by atoms with Crippen LogP contribution in [0.2, 0.25) is 0 Å². The largest absolute Gasteiger partial charge is 0.482 e. The molecule has 140 valence electrons. The lowest BCUT2D eigenvalue weighted by molar-refractivity contribution is -0.121. The van der Waals surface area contributed by atoms with Gasteiger partial charge in [-0.15, -0.1) is 6.58 Å². The number of benzene rings is 2. The molecule has 0 unspecified atom stereocenters. The number of carbonyl (C=O) groups is 2. The lowest BCUT2D eigenvalue weighted by Crippen LogP contribution is -2.39. The molecule has 0 fully saturated rings. The molecule has 1 aromatic heterocycles. The first-order chi connectivity index (χ1) is 13.6. The fourth-order valence-electron chi connectivity index (χ4n) is 3.31. The maximum Gasteiger partial charge on any atom is 0.265 e. The Morgan fingerprint density at radius 1 is 1.14 bits per heavy atom. The summed E-state index contributed by atoms with van der Waals surface area (Å²) in [5.74, 6) is 0.125. The molecule has 2 heterocycles. The number of fused-ring (bicyclic) bond motifs is 2. The lowest BCUT2D eigenvalue weighted by Gasteiger charge is -2.28. The number of hydrogen-bond donors (Lipinski definition) is 0. The van der Waals surface area contributed by atoms with Crippen LogP contribution in [-0.4, -0.2) is 29.4 Å². The summed E-state index contributed by atoms with van der Waals surface area (Å²) in [5.41, 5.74) is 0.732. The number of aromatic nitrogens is 1. The van der Waals surface area contributed by atoms with Crippen molar-refractivity contribution in [2.24, 2.45) is 0 Å². The molecule has 4 rings (SSSR count). The van der Waals surface area contributed by atoms with Crippen LogP contribution in [0.5, 0.6) is 5.75 Å². The van der Waals surface area contributed by atoms with Gasteiger partial charge in [0.2, 0.25) is 0 Å². The Hall–Kier alpha value is -3.67. The summed E-state index contributed by atoms with van der Waals surface area (Å²) in [6.07, 6.45) is 3.24. The van der Waals surface area contributed by atoms with E-state index in [0.717, 1.165) is 5.39 Å². The third-order valence-electron chi connectivity index (χ3n) is 4.74. The molecule has 0 bridgehead atoms. The summed E-state index contributed by atoms with van der Waals surface area (Å²) in [7, 11) is 0. The van der Waals surface area contributed by atoms with E-state index in [1.807, 2.05) is 18.2 Å². The second kappa shape index (κ2) is 7.15. The molecule has 0 saturated heterocycles. The highest BCUT2D eigenvalue weighted by Crippen LogP contribution is 2.33. The van der Waals surface area contributed by atoms with E-state index in [4.69, 9.17) is 4.74 Å². The van der Waals surface area contributed by atoms with Gasteiger partial charge in [-0.25, -0.2) is 0 Å². The molecule has 0 spiro atoms. The molecule has 0 radical (unpaired) electrons. The van der Waals surface area contributed by atoms with Gasteiger partial charge < -0.3 is 14.2 Å². The Morgan fingerprint density at radius 3 is 2.79 bits per heavy atom. The van der Waals surface area contributed by atoms with E-state index in [9.17, 15) is 14.4 Å². The monoisotopic (exact) mass is 374 g/mol. The minimum Gasteiger partial charge on any atom is -0.482 e. The van der Waals surface area contributed by atoms with Crippen LogP contribution in [0.25, 0.3) is 10.8 Å². The molecular formula is C22H18N2O4. The maximum absolute atomic E-state index is 12.8. The van der Waals surface area contributed by atoms with Crippen LogP contribution >= 0.6 is 0 Å². The fourth-order valence-corrected chi connectivity index (χ4v) is 3.31. The summed E-state index contributed by atoms with van der Waals surface area (Å²) in [5, 5.41) is 1.40. The van der Waals surface area contributed by atoms with E-state index >= 15 is 0 Å². The molecule has 1 aliphatic rings. The van der Waals surface area contributed by atoms with Gasteiger partial charge >= 0.3 is 0 Å². The number of nitrogens with zero attached hydrogens (tertiary/aromatic N) is 2. The van der Waals surface area contributed by atoms with E-state index in [1.54, 1.807) is 42.6 Å². The van der Waals surface area contributed by atoms with Gasteiger partial charge in [0.05, 0.1) is 12.2 Å². The van der Waals surface area contributed by atoms with Crippen LogP contribution in [0, 0.1) is 0 Å². The molecule has 1 aliphatic heterocycles. The summed E-state index contributed by atoms with van der Waals surface area (Å²) < 4.78 is 6.84. The number of ether oxygens (including phenoxy) is 1. The van der Waals surface area contributed by atoms with Gasteiger partial charge in [0.15, 0.2) is 12.4 Å². The molecule has 28 heavy (non-hydrogen) atoms. The minimum absolute atomic E-state index is 0.0411. The molecule has 6 heteroatoms. The summed E-state index contributed by atoms with van der Waals surface area (Å²) in [6.45, 7) is 3.88. The zero-order chi connectivity index (χ0) is 19.7. The molecule has 2 aromatic carbocycles. The Morgan fingerprint density at radius 2 is 1.96 bits per heavy atom. The highest BCUT2D eigenvalue weighted by molar-refractivity contribution is 6.02. The second-order valence-corrected chi connectivity index (χ2v) is 6.52. The van der Waals surface area contributed by atoms with E-state index in [1.165, 1.54) is 9.47 Å². The Bertz CT molecular complexity index is 1160. The number of carbonyl (C=O) groups excluding carboxylic acids is 2. The van der Waals surface area contributed by atoms with E-state index in [0.29, 0.717) is 28.9 Å². The Kier molecular flexibility index (Phi) is 4.53. The van der Waals surface area contributed by atoms with Gasteiger partial charge in [-0.1, -0.05) is 24.3 Å². The summed E-state index contributed by atoms with van der Waals surface area (Å²) >= 11 is 0. The second-order valence-electron chi connectivity index (χ2n) is 6.52. The summed E-state index contributed by atoms with van der Waals surface area (Å²) in [4.78, 5) is 39.1. The van der Waals surface area contributed by atoms with Crippen molar-refractivity contribution in [3.8, 4) is 5.75 Å². The number of hydrogen-bond acceptors (Lipinski definition) is 4. The van der Waals surface area contributed by atoms with Gasteiger partial charge in [-0.2, -0.15) is 0 Å². The average Bonchev–Trinajstić information content (AvgIpc) is 2.72. The number of pyridine rings is 1. The molecule has 0 N–H and O–H groups in total. The van der Waals surface area contributed by atoms with Crippen LogP contribution in [-0.2, 0) is 11.3 Å². The smallest absolute Gasteiger partial charge is 0.265 e. The van der Waals surface area contributed by atoms with Crippen molar-refractivity contribution in [1.82, 2.24) is 4.57 Å². The van der Waals surface area contributed by atoms with Crippen molar-refractivity contribution in [1.29, 1.82) is 0 Å². The maximum atomic E-state index is 12.8. The van der Waals surface area contributed by atoms with Crippen LogP contribution in [0.4, 0.5) is 5.69 Å². The molecule has 0 aliphatic carbocycles. The van der Waals surface area contributed by atoms with Gasteiger partial charge in [0.25, 0.3) is 11.5 Å². The number of Topliss-reactive ketones (excluding diaryl/α,β-unsaturated/α-hetero) is 1. The Balaban J connectivity index is 1.66. The van der Waals surface area contributed by atoms with Gasteiger partial charge in [-0.05, 0) is 35.7 Å². The minimum atomic E-state index is -0.225. The van der Waals surface area contributed by atoms with Crippen molar-refractivity contribution >= 4 is 28.2 Å². The number of ketones is 1. The SMILES string of the molecule is C=CCN1C(=O)COc2ccc(C(=O)Cn3ccc4ccccc4c3=O)cc21. The zero-order valence-electron chi connectivity index (χ0n) is 15.1. The molecule has 1 amide bonds. The highest BCUT2D eigenvalue weighted by atomic mass is 16.5. The first-order valence-electron chi connectivity index (χ1n) is 8.88. The van der Waals surface area contributed by atoms with Crippen molar-refractivity contribution in [2.45, 2.75) is 6.54 Å². The van der Waals surface area contributed by atoms with Gasteiger partial charge in [0.1, 0.15) is 5.75 Å².